The number of hydrogen-bond acceptors (Lipinski definition) is 3. The maximum atomic E-state index is 13.4. The lowest BCUT2D eigenvalue weighted by Crippen LogP contribution is -2.47. The molecular weight excluding hydrogens is 275 g/mol. The van der Waals surface area contributed by atoms with Gasteiger partial charge in [-0.15, -0.1) is 0 Å². The first-order valence-electron chi connectivity index (χ1n) is 6.91. The van der Waals surface area contributed by atoms with Crippen LogP contribution in [0.4, 0.5) is 10.1 Å². The second-order valence-electron chi connectivity index (χ2n) is 5.02. The molecule has 0 aliphatic carbocycles. The Morgan fingerprint density at radius 2 is 2.05 bits per heavy atom. The normalized spacial score (nSPS) is 13.5. The van der Waals surface area contributed by atoms with E-state index in [0.717, 1.165) is 0 Å². The molecular formula is C15H21FN2O3. The number of anilines is 1. The van der Waals surface area contributed by atoms with Crippen LogP contribution in [0.2, 0.25) is 0 Å². The molecule has 0 heterocycles. The van der Waals surface area contributed by atoms with E-state index in [1.165, 1.54) is 6.07 Å². The average Bonchev–Trinajstić information content (AvgIpc) is 2.42. The van der Waals surface area contributed by atoms with Gasteiger partial charge in [0, 0.05) is 5.69 Å². The summed E-state index contributed by atoms with van der Waals surface area (Å²) in [5.41, 5.74) is 0.840. The van der Waals surface area contributed by atoms with E-state index in [1.54, 1.807) is 26.0 Å². The molecule has 0 fully saturated rings. The summed E-state index contributed by atoms with van der Waals surface area (Å²) in [4.78, 5) is 23.0. The molecule has 1 rings (SSSR count). The summed E-state index contributed by atoms with van der Waals surface area (Å²) in [5.74, 6) is -1.79. The molecule has 6 heteroatoms. The van der Waals surface area contributed by atoms with E-state index in [9.17, 15) is 14.0 Å². The minimum atomic E-state index is -0.988. The molecule has 0 spiro atoms. The summed E-state index contributed by atoms with van der Waals surface area (Å²) in [6.07, 6.45) is 1.13. The first-order chi connectivity index (χ1) is 9.85. The number of benzene rings is 1. The Morgan fingerprint density at radius 3 is 2.57 bits per heavy atom. The Labute approximate surface area is 123 Å². The number of nitrogens with one attached hydrogen (secondary N) is 2. The molecule has 0 aliphatic rings. The first-order valence-corrected chi connectivity index (χ1v) is 6.91. The molecule has 1 aromatic rings. The maximum absolute atomic E-state index is 13.4. The van der Waals surface area contributed by atoms with Crippen molar-refractivity contribution < 1.29 is 19.1 Å². The number of rotatable bonds is 7. The van der Waals surface area contributed by atoms with Gasteiger partial charge in [-0.2, -0.15) is 0 Å². The summed E-state index contributed by atoms with van der Waals surface area (Å²) in [6.45, 7) is 5.08. The molecule has 0 aromatic heterocycles. The Balaban J connectivity index is 2.65. The third-order valence-corrected chi connectivity index (χ3v) is 3.16. The molecule has 116 valence electrons. The van der Waals surface area contributed by atoms with Crippen LogP contribution in [0.5, 0.6) is 0 Å². The van der Waals surface area contributed by atoms with Crippen LogP contribution in [0.1, 0.15) is 32.3 Å². The number of carbonyl (C=O) groups excluding carboxylic acids is 1. The number of carbonyl (C=O) groups is 2. The Morgan fingerprint density at radius 1 is 1.38 bits per heavy atom. The third-order valence-electron chi connectivity index (χ3n) is 3.16. The van der Waals surface area contributed by atoms with Crippen LogP contribution in [-0.4, -0.2) is 29.1 Å². The van der Waals surface area contributed by atoms with Crippen LogP contribution in [0.25, 0.3) is 0 Å². The predicted octanol–water partition coefficient (Wildman–Crippen LogP) is 2.30. The van der Waals surface area contributed by atoms with Crippen LogP contribution in [0, 0.1) is 12.7 Å². The fraction of sp³-hybridized carbons (Fsp3) is 0.467. The van der Waals surface area contributed by atoms with Crippen molar-refractivity contribution in [2.75, 3.05) is 5.32 Å². The van der Waals surface area contributed by atoms with Gasteiger partial charge in [-0.1, -0.05) is 19.4 Å². The molecule has 1 aromatic carbocycles. The second kappa shape index (κ2) is 7.73. The van der Waals surface area contributed by atoms with Gasteiger partial charge in [0.2, 0.25) is 5.91 Å². The van der Waals surface area contributed by atoms with E-state index in [4.69, 9.17) is 5.11 Å². The van der Waals surface area contributed by atoms with E-state index in [0.29, 0.717) is 24.1 Å². The zero-order valence-electron chi connectivity index (χ0n) is 12.4. The molecule has 1 amide bonds. The van der Waals surface area contributed by atoms with Crippen molar-refractivity contribution in [1.29, 1.82) is 0 Å². The molecule has 3 N–H and O–H groups in total. The third kappa shape index (κ3) is 5.15. The fourth-order valence-electron chi connectivity index (χ4n) is 1.87. The summed E-state index contributed by atoms with van der Waals surface area (Å²) < 4.78 is 13.4. The SMILES string of the molecule is CCCC(NC(C)C(=O)Nc1ccc(C)c(F)c1)C(=O)O. The topological polar surface area (TPSA) is 78.4 Å². The number of carboxylic acid groups (broad SMARTS) is 1. The van der Waals surface area contributed by atoms with Crippen LogP contribution < -0.4 is 10.6 Å². The van der Waals surface area contributed by atoms with E-state index in [1.807, 2.05) is 6.92 Å². The predicted molar refractivity (Wildman–Crippen MR) is 78.7 cm³/mol. The van der Waals surface area contributed by atoms with Crippen molar-refractivity contribution in [3.8, 4) is 0 Å². The highest BCUT2D eigenvalue weighted by molar-refractivity contribution is 5.94. The van der Waals surface area contributed by atoms with Gasteiger partial charge in [-0.25, -0.2) is 4.39 Å². The van der Waals surface area contributed by atoms with Gasteiger partial charge in [-0.05, 0) is 38.0 Å². The summed E-state index contributed by atoms with van der Waals surface area (Å²) in [7, 11) is 0. The molecule has 0 aliphatic heterocycles. The van der Waals surface area contributed by atoms with Gasteiger partial charge in [0.25, 0.3) is 0 Å². The van der Waals surface area contributed by atoms with Crippen molar-refractivity contribution in [3.63, 3.8) is 0 Å². The van der Waals surface area contributed by atoms with Gasteiger partial charge < -0.3 is 10.4 Å². The molecule has 5 nitrogen and oxygen atoms in total. The smallest absolute Gasteiger partial charge is 0.320 e. The van der Waals surface area contributed by atoms with E-state index in [-0.39, 0.29) is 0 Å². The summed E-state index contributed by atoms with van der Waals surface area (Å²) >= 11 is 0. The van der Waals surface area contributed by atoms with E-state index < -0.39 is 29.8 Å². The monoisotopic (exact) mass is 296 g/mol. The molecule has 21 heavy (non-hydrogen) atoms. The zero-order chi connectivity index (χ0) is 16.0. The second-order valence-corrected chi connectivity index (χ2v) is 5.02. The molecule has 0 radical (unpaired) electrons. The minimum Gasteiger partial charge on any atom is -0.480 e. The summed E-state index contributed by atoms with van der Waals surface area (Å²) in [5, 5.41) is 14.4. The van der Waals surface area contributed by atoms with Gasteiger partial charge in [-0.3, -0.25) is 14.9 Å². The zero-order valence-corrected chi connectivity index (χ0v) is 12.4. The highest BCUT2D eigenvalue weighted by atomic mass is 19.1. The van der Waals surface area contributed by atoms with Crippen LogP contribution in [-0.2, 0) is 9.59 Å². The molecule has 0 saturated carbocycles. The minimum absolute atomic E-state index is 0.346. The van der Waals surface area contributed by atoms with Gasteiger partial charge in [0.05, 0.1) is 6.04 Å². The van der Waals surface area contributed by atoms with E-state index in [2.05, 4.69) is 10.6 Å². The number of aryl methyl sites for hydroxylation is 1. The number of carboxylic acids is 1. The number of hydrogen-bond donors (Lipinski definition) is 3. The highest BCUT2D eigenvalue weighted by Crippen LogP contribution is 2.13. The van der Waals surface area contributed by atoms with Crippen molar-refractivity contribution >= 4 is 17.6 Å². The lowest BCUT2D eigenvalue weighted by molar-refractivity contribution is -0.140. The van der Waals surface area contributed by atoms with Crippen molar-refractivity contribution in [2.45, 2.75) is 45.7 Å². The quantitative estimate of drug-likeness (QED) is 0.721. The first kappa shape index (κ1) is 17.1. The number of halogens is 1. The Hall–Kier alpha value is -1.95. The average molecular weight is 296 g/mol. The molecule has 0 saturated heterocycles. The van der Waals surface area contributed by atoms with Crippen molar-refractivity contribution in [2.24, 2.45) is 0 Å². The lowest BCUT2D eigenvalue weighted by atomic mass is 10.1. The highest BCUT2D eigenvalue weighted by Gasteiger charge is 2.22. The van der Waals surface area contributed by atoms with Gasteiger partial charge in [0.15, 0.2) is 0 Å². The lowest BCUT2D eigenvalue weighted by Gasteiger charge is -2.19. The van der Waals surface area contributed by atoms with Gasteiger partial charge >= 0.3 is 5.97 Å². The maximum Gasteiger partial charge on any atom is 0.320 e. The van der Waals surface area contributed by atoms with Crippen LogP contribution >= 0.6 is 0 Å². The summed E-state index contributed by atoms with van der Waals surface area (Å²) in [6, 6.07) is 2.94. The standard InChI is InChI=1S/C15H21FN2O3/c1-4-5-13(15(20)21)17-10(3)14(19)18-11-7-6-9(2)12(16)8-11/h6-8,10,13,17H,4-5H2,1-3H3,(H,18,19)(H,20,21). The largest absolute Gasteiger partial charge is 0.480 e. The molecule has 2 atom stereocenters. The number of amides is 1. The van der Waals surface area contributed by atoms with Crippen molar-refractivity contribution in [1.82, 2.24) is 5.32 Å². The Kier molecular flexibility index (Phi) is 6.30. The van der Waals surface area contributed by atoms with E-state index >= 15 is 0 Å². The van der Waals surface area contributed by atoms with Crippen LogP contribution in [0.15, 0.2) is 18.2 Å². The fourth-order valence-corrected chi connectivity index (χ4v) is 1.87. The molecule has 0 bridgehead atoms. The molecule has 2 unspecified atom stereocenters. The number of aliphatic carboxylic acids is 1. The van der Waals surface area contributed by atoms with Gasteiger partial charge in [0.1, 0.15) is 11.9 Å². The van der Waals surface area contributed by atoms with Crippen molar-refractivity contribution in [3.05, 3.63) is 29.6 Å². The Bertz CT molecular complexity index is 520. The van der Waals surface area contributed by atoms with Crippen LogP contribution in [0.3, 0.4) is 0 Å².